The van der Waals surface area contributed by atoms with Gasteiger partial charge in [0.05, 0.1) is 23.6 Å². The predicted octanol–water partition coefficient (Wildman–Crippen LogP) is 4.96. The zero-order valence-corrected chi connectivity index (χ0v) is 22.7. The molecule has 7 heteroatoms. The normalized spacial score (nSPS) is 11.5. The number of nitrogens with zero attached hydrogens (tertiary/aromatic N) is 2. The first-order valence-electron chi connectivity index (χ1n) is 11.3. The van der Waals surface area contributed by atoms with E-state index in [-0.39, 0.29) is 44.5 Å². The van der Waals surface area contributed by atoms with E-state index in [9.17, 15) is 14.8 Å². The summed E-state index contributed by atoms with van der Waals surface area (Å²) >= 11 is 0. The molecule has 4 aromatic carbocycles. The van der Waals surface area contributed by atoms with Gasteiger partial charge in [0.1, 0.15) is 0 Å². The number of aromatic nitrogens is 2. The van der Waals surface area contributed by atoms with Crippen molar-refractivity contribution in [3.05, 3.63) is 133 Å². The molecule has 1 atom stereocenters. The van der Waals surface area contributed by atoms with Gasteiger partial charge in [-0.05, 0) is 19.1 Å². The van der Waals surface area contributed by atoms with Crippen LogP contribution in [0.25, 0.3) is 5.69 Å². The van der Waals surface area contributed by atoms with Crippen LogP contribution in [0.15, 0.2) is 128 Å². The van der Waals surface area contributed by atoms with E-state index in [1.807, 2.05) is 121 Å². The van der Waals surface area contributed by atoms with Crippen molar-refractivity contribution in [2.45, 2.75) is 13.0 Å². The van der Waals surface area contributed by atoms with Gasteiger partial charge in [-0.1, -0.05) is 109 Å². The molecule has 185 valence electrons. The van der Waals surface area contributed by atoms with E-state index < -0.39 is 13.2 Å². The standard InChI is InChI=1S/C18H15OP.C11H12N2O2.Tb/c19-20(16-10-4-1-5-11-16,17-12-6-2-7-13-17)18-14-8-3-9-15-18;1-8(14)10-7-12-13(11(10)15)9-5-3-2-4-6-9;/h1-15H;2-8,14-15H,1H3;. The Morgan fingerprint density at radius 1 is 0.694 bits per heavy atom. The summed E-state index contributed by atoms with van der Waals surface area (Å²) in [6.07, 6.45) is 0.745. The molecule has 5 aromatic rings. The zero-order chi connectivity index (χ0) is 24.7. The quantitative estimate of drug-likeness (QED) is 0.267. The molecule has 0 amide bonds. The zero-order valence-electron chi connectivity index (χ0n) is 19.7. The fraction of sp³-hybridized carbons (Fsp3) is 0.0690. The van der Waals surface area contributed by atoms with Crippen LogP contribution in [0.4, 0.5) is 0 Å². The summed E-state index contributed by atoms with van der Waals surface area (Å²) in [6.45, 7) is 1.59. The Balaban J connectivity index is 0.000000203. The van der Waals surface area contributed by atoms with Crippen LogP contribution in [0.1, 0.15) is 18.6 Å². The fourth-order valence-electron chi connectivity index (χ4n) is 3.77. The topological polar surface area (TPSA) is 75.3 Å². The van der Waals surface area contributed by atoms with Crippen LogP contribution >= 0.6 is 7.14 Å². The number of benzene rings is 4. The van der Waals surface area contributed by atoms with Crippen LogP contribution < -0.4 is 15.9 Å². The van der Waals surface area contributed by atoms with Gasteiger partial charge in [0, 0.05) is 54.5 Å². The van der Waals surface area contributed by atoms with Gasteiger partial charge in [-0.25, -0.2) is 4.68 Å². The van der Waals surface area contributed by atoms with Crippen molar-refractivity contribution in [1.82, 2.24) is 9.78 Å². The Labute approximate surface area is 242 Å². The van der Waals surface area contributed by atoms with Gasteiger partial charge in [0.2, 0.25) is 5.88 Å². The molecule has 0 bridgehead atoms. The van der Waals surface area contributed by atoms with E-state index in [4.69, 9.17) is 0 Å². The monoisotopic (exact) mass is 641 g/mol. The number of aliphatic hydroxyl groups excluding tert-OH is 1. The predicted molar refractivity (Wildman–Crippen MR) is 142 cm³/mol. The van der Waals surface area contributed by atoms with Crippen LogP contribution in [0.5, 0.6) is 5.88 Å². The summed E-state index contributed by atoms with van der Waals surface area (Å²) in [5.41, 5.74) is 1.20. The average Bonchev–Trinajstić information content (AvgIpc) is 3.32. The molecule has 5 nitrogen and oxygen atoms in total. The minimum Gasteiger partial charge on any atom is -0.493 e. The van der Waals surface area contributed by atoms with Crippen molar-refractivity contribution in [3.63, 3.8) is 0 Å². The molecule has 0 fully saturated rings. The van der Waals surface area contributed by atoms with Crippen LogP contribution in [0.2, 0.25) is 0 Å². The van der Waals surface area contributed by atoms with Gasteiger partial charge < -0.3 is 14.8 Å². The van der Waals surface area contributed by atoms with E-state index >= 15 is 0 Å². The van der Waals surface area contributed by atoms with Crippen LogP contribution in [0.3, 0.4) is 0 Å². The van der Waals surface area contributed by atoms with Crippen molar-refractivity contribution in [2.24, 2.45) is 0 Å². The molecular weight excluding hydrogens is 614 g/mol. The maximum Gasteiger partial charge on any atom is 0.220 e. The third kappa shape index (κ3) is 6.19. The molecule has 0 spiro atoms. The molecule has 5 rings (SSSR count). The molecule has 2 N–H and O–H groups in total. The maximum atomic E-state index is 13.8. The molecule has 0 aliphatic heterocycles. The van der Waals surface area contributed by atoms with Crippen molar-refractivity contribution < 1.29 is 53.4 Å². The number of hydrogen-bond acceptors (Lipinski definition) is 4. The Kier molecular flexibility index (Phi) is 10.1. The minimum atomic E-state index is -2.78. The Bertz CT molecular complexity index is 1290. The van der Waals surface area contributed by atoms with Gasteiger partial charge >= 0.3 is 0 Å². The van der Waals surface area contributed by atoms with E-state index in [2.05, 4.69) is 5.10 Å². The molecular formula is C29H27N2O3PTb. The second kappa shape index (κ2) is 13.1. The summed E-state index contributed by atoms with van der Waals surface area (Å²) in [6, 6.07) is 38.4. The van der Waals surface area contributed by atoms with E-state index in [0.717, 1.165) is 21.6 Å². The maximum absolute atomic E-state index is 13.8. The first-order chi connectivity index (χ1) is 17.0. The van der Waals surface area contributed by atoms with Gasteiger partial charge in [-0.15, -0.1) is 0 Å². The third-order valence-corrected chi connectivity index (χ3v) is 8.66. The number of aliphatic hydroxyl groups is 1. The second-order valence-electron chi connectivity index (χ2n) is 7.96. The van der Waals surface area contributed by atoms with E-state index in [1.54, 1.807) is 6.92 Å². The molecule has 0 aliphatic carbocycles. The van der Waals surface area contributed by atoms with E-state index in [0.29, 0.717) is 5.56 Å². The molecule has 0 saturated carbocycles. The van der Waals surface area contributed by atoms with Gasteiger partial charge in [-0.2, -0.15) is 5.10 Å². The second-order valence-corrected chi connectivity index (χ2v) is 10.7. The Morgan fingerprint density at radius 2 is 1.06 bits per heavy atom. The average molecular weight is 641 g/mol. The van der Waals surface area contributed by atoms with Gasteiger partial charge in [0.15, 0.2) is 7.14 Å². The molecule has 1 radical (unpaired) electrons. The number of para-hydroxylation sites is 1. The Morgan fingerprint density at radius 3 is 1.39 bits per heavy atom. The van der Waals surface area contributed by atoms with Crippen LogP contribution in [0, 0.1) is 38.6 Å². The number of rotatable bonds is 5. The van der Waals surface area contributed by atoms with Crippen molar-refractivity contribution in [2.75, 3.05) is 0 Å². The van der Waals surface area contributed by atoms with Crippen molar-refractivity contribution >= 4 is 23.1 Å². The van der Waals surface area contributed by atoms with E-state index in [1.165, 1.54) is 10.9 Å². The van der Waals surface area contributed by atoms with Crippen LogP contribution in [-0.2, 0) is 4.57 Å². The first-order valence-corrected chi connectivity index (χ1v) is 13.0. The van der Waals surface area contributed by atoms with Crippen LogP contribution in [-0.4, -0.2) is 20.0 Å². The SMILES string of the molecule is CC(O)c1cnn(-c2ccccc2)c1O.O=P(c1ccccc1)(c1ccccc1)c1ccccc1.[Tb]. The molecule has 1 aromatic heterocycles. The summed E-state index contributed by atoms with van der Waals surface area (Å²) in [7, 11) is -2.78. The molecule has 1 heterocycles. The van der Waals surface area contributed by atoms with Gasteiger partial charge in [-0.3, -0.25) is 0 Å². The fourth-order valence-corrected chi connectivity index (χ4v) is 6.44. The summed E-state index contributed by atoms with van der Waals surface area (Å²) < 4.78 is 15.2. The summed E-state index contributed by atoms with van der Waals surface area (Å²) in [5, 5.41) is 25.8. The van der Waals surface area contributed by atoms with Crippen molar-refractivity contribution in [1.29, 1.82) is 0 Å². The first kappa shape index (κ1) is 27.9. The number of hydrogen-bond donors (Lipinski definition) is 2. The molecule has 1 unspecified atom stereocenters. The molecule has 0 saturated heterocycles. The largest absolute Gasteiger partial charge is 0.493 e. The Hall–Kier alpha value is -2.63. The summed E-state index contributed by atoms with van der Waals surface area (Å²) in [5.74, 6) is -0.0174. The molecule has 0 aliphatic rings. The minimum absolute atomic E-state index is 0. The summed E-state index contributed by atoms with van der Waals surface area (Å²) in [4.78, 5) is 0. The van der Waals surface area contributed by atoms with Gasteiger partial charge in [0.25, 0.3) is 0 Å². The third-order valence-electron chi connectivity index (χ3n) is 5.58. The smallest absolute Gasteiger partial charge is 0.220 e. The number of aromatic hydroxyl groups is 1. The molecule has 36 heavy (non-hydrogen) atoms. The van der Waals surface area contributed by atoms with Crippen molar-refractivity contribution in [3.8, 4) is 11.6 Å².